The number of fused-ring (bicyclic) bond motifs is 3. The second-order valence-electron chi connectivity index (χ2n) is 8.36. The van der Waals surface area contributed by atoms with Gasteiger partial charge in [0, 0.05) is 24.5 Å². The van der Waals surface area contributed by atoms with Crippen LogP contribution in [0.5, 0.6) is 11.5 Å². The molecule has 1 saturated carbocycles. The van der Waals surface area contributed by atoms with Crippen LogP contribution in [0.3, 0.4) is 0 Å². The van der Waals surface area contributed by atoms with E-state index in [-0.39, 0.29) is 17.4 Å². The lowest BCUT2D eigenvalue weighted by Gasteiger charge is -2.46. The first-order chi connectivity index (χ1) is 13.1. The third-order valence-electron chi connectivity index (χ3n) is 6.55. The summed E-state index contributed by atoms with van der Waals surface area (Å²) in [5.41, 5.74) is 2.90. The summed E-state index contributed by atoms with van der Waals surface area (Å²) in [6.07, 6.45) is 7.06. The van der Waals surface area contributed by atoms with Gasteiger partial charge in [0.2, 0.25) is 5.91 Å². The smallest absolute Gasteiger partial charge is 0.234 e. The lowest BCUT2D eigenvalue weighted by molar-refractivity contribution is -0.123. The van der Waals surface area contributed by atoms with Crippen LogP contribution in [0.4, 0.5) is 0 Å². The van der Waals surface area contributed by atoms with Crippen LogP contribution in [0, 0.1) is 0 Å². The molecule has 2 aliphatic heterocycles. The van der Waals surface area contributed by atoms with Crippen LogP contribution < -0.4 is 14.8 Å². The number of rotatable bonds is 5. The Morgan fingerprint density at radius 3 is 2.63 bits per heavy atom. The maximum Gasteiger partial charge on any atom is 0.234 e. The molecule has 4 rings (SSSR count). The largest absolute Gasteiger partial charge is 0.486 e. The first kappa shape index (κ1) is 18.6. The van der Waals surface area contributed by atoms with E-state index in [1.165, 1.54) is 36.8 Å². The minimum absolute atomic E-state index is 0.143. The predicted octanol–water partition coefficient (Wildman–Crippen LogP) is 3.56. The number of benzene rings is 1. The van der Waals surface area contributed by atoms with E-state index in [0.29, 0.717) is 19.8 Å². The number of hydrogen-bond acceptors (Lipinski definition) is 4. The van der Waals surface area contributed by atoms with Crippen molar-refractivity contribution >= 4 is 5.91 Å². The summed E-state index contributed by atoms with van der Waals surface area (Å²) in [7, 11) is 0. The Bertz CT molecular complexity index is 697. The zero-order chi connectivity index (χ0) is 18.9. The molecule has 1 aromatic carbocycles. The van der Waals surface area contributed by atoms with Crippen LogP contribution in [0.25, 0.3) is 0 Å². The summed E-state index contributed by atoms with van der Waals surface area (Å²) in [6.45, 7) is 7.80. The molecule has 5 nitrogen and oxygen atoms in total. The normalized spacial score (nSPS) is 23.3. The third-order valence-corrected chi connectivity index (χ3v) is 6.55. The average molecular weight is 373 g/mol. The molecule has 148 valence electrons. The van der Waals surface area contributed by atoms with Crippen molar-refractivity contribution in [3.05, 3.63) is 23.3 Å². The lowest BCUT2D eigenvalue weighted by Crippen LogP contribution is -2.49. The summed E-state index contributed by atoms with van der Waals surface area (Å²) in [4.78, 5) is 14.8. The van der Waals surface area contributed by atoms with Crippen molar-refractivity contribution in [3.63, 3.8) is 0 Å². The Morgan fingerprint density at radius 2 is 1.93 bits per heavy atom. The molecular formula is C22H32N2O3. The predicted molar refractivity (Wildman–Crippen MR) is 105 cm³/mol. The fourth-order valence-electron chi connectivity index (χ4n) is 5.03. The van der Waals surface area contributed by atoms with E-state index in [1.54, 1.807) is 0 Å². The molecule has 0 bridgehead atoms. The van der Waals surface area contributed by atoms with E-state index in [4.69, 9.17) is 9.47 Å². The van der Waals surface area contributed by atoms with Gasteiger partial charge in [-0.25, -0.2) is 0 Å². The second kappa shape index (κ2) is 7.70. The highest BCUT2D eigenvalue weighted by molar-refractivity contribution is 5.78. The van der Waals surface area contributed by atoms with Crippen LogP contribution >= 0.6 is 0 Å². The summed E-state index contributed by atoms with van der Waals surface area (Å²) in [6, 6.07) is 4.62. The molecule has 5 heteroatoms. The Morgan fingerprint density at radius 1 is 1.22 bits per heavy atom. The number of amides is 1. The van der Waals surface area contributed by atoms with E-state index in [9.17, 15) is 4.79 Å². The lowest BCUT2D eigenvalue weighted by atomic mass is 9.71. The molecule has 0 radical (unpaired) electrons. The van der Waals surface area contributed by atoms with Gasteiger partial charge in [-0.15, -0.1) is 0 Å². The molecule has 1 unspecified atom stereocenters. The fraction of sp³-hybridized carbons (Fsp3) is 0.682. The Kier molecular flexibility index (Phi) is 5.31. The van der Waals surface area contributed by atoms with Gasteiger partial charge in [-0.3, -0.25) is 9.69 Å². The number of nitrogens with one attached hydrogen (secondary N) is 1. The molecule has 0 saturated heterocycles. The molecule has 1 fully saturated rings. The number of ether oxygens (including phenoxy) is 2. The quantitative estimate of drug-likeness (QED) is 0.803. The molecule has 1 aliphatic carbocycles. The second-order valence-corrected chi connectivity index (χ2v) is 8.36. The fourth-order valence-corrected chi connectivity index (χ4v) is 5.03. The number of hydrogen-bond donors (Lipinski definition) is 1. The van der Waals surface area contributed by atoms with Gasteiger partial charge < -0.3 is 14.8 Å². The van der Waals surface area contributed by atoms with Crippen molar-refractivity contribution in [2.24, 2.45) is 0 Å². The molecule has 1 spiro atoms. The van der Waals surface area contributed by atoms with Gasteiger partial charge in [-0.2, -0.15) is 0 Å². The highest BCUT2D eigenvalue weighted by Gasteiger charge is 2.45. The highest BCUT2D eigenvalue weighted by Crippen LogP contribution is 2.51. The average Bonchev–Trinajstić information content (AvgIpc) is 3.14. The molecule has 1 aromatic rings. The first-order valence-electron chi connectivity index (χ1n) is 10.6. The molecule has 1 amide bonds. The molecule has 3 aliphatic rings. The van der Waals surface area contributed by atoms with Crippen molar-refractivity contribution in [3.8, 4) is 11.5 Å². The van der Waals surface area contributed by atoms with E-state index in [2.05, 4.69) is 36.2 Å². The van der Waals surface area contributed by atoms with Crippen molar-refractivity contribution < 1.29 is 14.3 Å². The van der Waals surface area contributed by atoms with E-state index in [0.717, 1.165) is 37.4 Å². The number of carbonyl (C=O) groups is 1. The standard InChI is InChI=1S/C22H32N2O3/c1-3-4-9-23-21(25)14-24-15-22(7-5-6-8-22)18-13-20-19(26-10-11-27-20)12-17(18)16(24)2/h12-13,16H,3-11,14-15H2,1-2H3,(H,23,25). The van der Waals surface area contributed by atoms with Gasteiger partial charge in [-0.05, 0) is 49.4 Å². The molecule has 1 N–H and O–H groups in total. The number of nitrogens with zero attached hydrogens (tertiary/aromatic N) is 1. The van der Waals surface area contributed by atoms with Gasteiger partial charge in [-0.1, -0.05) is 26.2 Å². The summed E-state index contributed by atoms with van der Waals surface area (Å²) in [5.74, 6) is 1.89. The minimum Gasteiger partial charge on any atom is -0.486 e. The monoisotopic (exact) mass is 372 g/mol. The van der Waals surface area contributed by atoms with Crippen molar-refractivity contribution in [2.75, 3.05) is 32.8 Å². The minimum atomic E-state index is 0.143. The zero-order valence-electron chi connectivity index (χ0n) is 16.7. The SMILES string of the molecule is CCCCNC(=O)CN1CC2(CCCC2)c2cc3c(cc2C1C)OCCO3. The maximum absolute atomic E-state index is 12.5. The Balaban J connectivity index is 1.62. The maximum atomic E-state index is 12.5. The van der Waals surface area contributed by atoms with Crippen LogP contribution in [0.15, 0.2) is 12.1 Å². The summed E-state index contributed by atoms with van der Waals surface area (Å²) >= 11 is 0. The topological polar surface area (TPSA) is 50.8 Å². The van der Waals surface area contributed by atoms with E-state index >= 15 is 0 Å². The Labute approximate surface area is 162 Å². The van der Waals surface area contributed by atoms with Crippen molar-refractivity contribution in [1.82, 2.24) is 10.2 Å². The summed E-state index contributed by atoms with van der Waals surface area (Å²) in [5, 5.41) is 3.08. The molecular weight excluding hydrogens is 340 g/mol. The van der Waals surface area contributed by atoms with E-state index < -0.39 is 0 Å². The third kappa shape index (κ3) is 3.54. The number of unbranched alkanes of at least 4 members (excludes halogenated alkanes) is 1. The first-order valence-corrected chi connectivity index (χ1v) is 10.6. The Hall–Kier alpha value is -1.75. The molecule has 27 heavy (non-hydrogen) atoms. The highest BCUT2D eigenvalue weighted by atomic mass is 16.6. The van der Waals surface area contributed by atoms with Gasteiger partial charge in [0.25, 0.3) is 0 Å². The van der Waals surface area contributed by atoms with Gasteiger partial charge in [0.15, 0.2) is 11.5 Å². The van der Waals surface area contributed by atoms with Crippen molar-refractivity contribution in [1.29, 1.82) is 0 Å². The zero-order valence-corrected chi connectivity index (χ0v) is 16.7. The van der Waals surface area contributed by atoms with Crippen LogP contribution in [0.1, 0.15) is 69.5 Å². The molecule has 0 aromatic heterocycles. The van der Waals surface area contributed by atoms with Crippen LogP contribution in [-0.4, -0.2) is 43.7 Å². The molecule has 1 atom stereocenters. The van der Waals surface area contributed by atoms with Crippen molar-refractivity contribution in [2.45, 2.75) is 63.8 Å². The van der Waals surface area contributed by atoms with Gasteiger partial charge >= 0.3 is 0 Å². The van der Waals surface area contributed by atoms with Crippen LogP contribution in [-0.2, 0) is 10.2 Å². The van der Waals surface area contributed by atoms with Gasteiger partial charge in [0.05, 0.1) is 6.54 Å². The summed E-state index contributed by atoms with van der Waals surface area (Å²) < 4.78 is 11.7. The number of carbonyl (C=O) groups excluding carboxylic acids is 1. The molecule has 2 heterocycles. The van der Waals surface area contributed by atoms with Gasteiger partial charge in [0.1, 0.15) is 13.2 Å². The van der Waals surface area contributed by atoms with E-state index in [1.807, 2.05) is 0 Å². The van der Waals surface area contributed by atoms with Crippen LogP contribution in [0.2, 0.25) is 0 Å².